The molecule has 0 amide bonds. The van der Waals surface area contributed by atoms with Gasteiger partial charge in [0.15, 0.2) is 0 Å². The Hall–Kier alpha value is -3.97. The minimum Gasteiger partial charge on any atom is -0.457 e. The number of hydrogen-bond acceptors (Lipinski definition) is 4. The first-order valence-corrected chi connectivity index (χ1v) is 7.97. The molecular weight excluding hydrogens is 369 g/mol. The molecule has 0 unspecified atom stereocenters. The summed E-state index contributed by atoms with van der Waals surface area (Å²) in [7, 11) is 0. The fraction of sp³-hybridized carbons (Fsp3) is 0.0476. The van der Waals surface area contributed by atoms with Crippen LogP contribution in [0.5, 0.6) is 23.0 Å². The number of rotatable bonds is 4. The Morgan fingerprint density at radius 3 is 2.07 bits per heavy atom. The lowest BCUT2D eigenvalue weighted by Gasteiger charge is -2.16. The van der Waals surface area contributed by atoms with Crippen molar-refractivity contribution in [3.8, 4) is 35.1 Å². The van der Waals surface area contributed by atoms with Crippen LogP contribution in [0.2, 0.25) is 0 Å². The van der Waals surface area contributed by atoms with E-state index in [1.807, 2.05) is 12.1 Å². The first-order valence-electron chi connectivity index (χ1n) is 7.97. The van der Waals surface area contributed by atoms with Crippen LogP contribution in [0.15, 0.2) is 66.7 Å². The van der Waals surface area contributed by atoms with Crippen molar-refractivity contribution in [1.29, 1.82) is 10.5 Å². The Bertz CT molecular complexity index is 1080. The van der Waals surface area contributed by atoms with Crippen molar-refractivity contribution in [2.24, 2.45) is 0 Å². The van der Waals surface area contributed by atoms with Crippen LogP contribution in [0.3, 0.4) is 0 Å². The van der Waals surface area contributed by atoms with Crippen molar-refractivity contribution < 1.29 is 22.6 Å². The lowest BCUT2D eigenvalue weighted by Crippen LogP contribution is -2.07. The molecule has 138 valence electrons. The molecule has 0 heterocycles. The molecule has 0 radical (unpaired) electrons. The number of para-hydroxylation sites is 1. The van der Waals surface area contributed by atoms with E-state index < -0.39 is 17.5 Å². The van der Waals surface area contributed by atoms with Gasteiger partial charge in [-0.25, -0.2) is 0 Å². The zero-order valence-corrected chi connectivity index (χ0v) is 14.2. The van der Waals surface area contributed by atoms with E-state index in [0.29, 0.717) is 0 Å². The van der Waals surface area contributed by atoms with Gasteiger partial charge in [0.1, 0.15) is 40.7 Å². The summed E-state index contributed by atoms with van der Waals surface area (Å²) in [5.74, 6) is -0.113. The maximum atomic E-state index is 13.3. The standard InChI is InChI=1S/C21H11F3N2O2/c22-21(23,24)18-10-9-16(11-20(18)27-15-6-2-1-3-7-15)28-19-8-4-5-14(12-25)17(19)13-26/h1-11H. The van der Waals surface area contributed by atoms with Crippen LogP contribution in [0.25, 0.3) is 0 Å². The van der Waals surface area contributed by atoms with Crippen molar-refractivity contribution in [2.75, 3.05) is 0 Å². The second-order valence-electron chi connectivity index (χ2n) is 5.58. The van der Waals surface area contributed by atoms with Crippen LogP contribution < -0.4 is 9.47 Å². The molecule has 0 saturated carbocycles. The summed E-state index contributed by atoms with van der Waals surface area (Å²) in [5, 5.41) is 18.3. The predicted molar refractivity (Wildman–Crippen MR) is 93.9 cm³/mol. The monoisotopic (exact) mass is 380 g/mol. The van der Waals surface area contributed by atoms with Crippen molar-refractivity contribution in [2.45, 2.75) is 6.18 Å². The molecule has 0 N–H and O–H groups in total. The molecule has 0 aliphatic carbocycles. The number of ether oxygens (including phenoxy) is 2. The van der Waals surface area contributed by atoms with Crippen molar-refractivity contribution >= 4 is 0 Å². The van der Waals surface area contributed by atoms with Gasteiger partial charge in [-0.3, -0.25) is 0 Å². The molecular formula is C21H11F3N2O2. The van der Waals surface area contributed by atoms with Gasteiger partial charge in [0.05, 0.1) is 11.1 Å². The normalized spacial score (nSPS) is 10.6. The maximum Gasteiger partial charge on any atom is 0.419 e. The fourth-order valence-electron chi connectivity index (χ4n) is 2.45. The maximum absolute atomic E-state index is 13.3. The van der Waals surface area contributed by atoms with Crippen LogP contribution in [0.4, 0.5) is 13.2 Å². The molecule has 0 atom stereocenters. The molecule has 0 aromatic heterocycles. The van der Waals surface area contributed by atoms with Gasteiger partial charge in [0.25, 0.3) is 0 Å². The van der Waals surface area contributed by atoms with E-state index in [9.17, 15) is 18.4 Å². The molecule has 28 heavy (non-hydrogen) atoms. The minimum atomic E-state index is -4.62. The lowest BCUT2D eigenvalue weighted by molar-refractivity contribution is -0.138. The highest BCUT2D eigenvalue weighted by molar-refractivity contribution is 5.55. The number of nitrogens with zero attached hydrogens (tertiary/aromatic N) is 2. The molecule has 0 spiro atoms. The van der Waals surface area contributed by atoms with Gasteiger partial charge < -0.3 is 9.47 Å². The smallest absolute Gasteiger partial charge is 0.419 e. The molecule has 0 aliphatic heterocycles. The Kier molecular flexibility index (Phi) is 5.19. The Labute approximate surface area is 158 Å². The van der Waals surface area contributed by atoms with Crippen molar-refractivity contribution in [3.05, 3.63) is 83.4 Å². The molecule has 3 aromatic carbocycles. The fourth-order valence-corrected chi connectivity index (χ4v) is 2.45. The van der Waals surface area contributed by atoms with Crippen molar-refractivity contribution in [3.63, 3.8) is 0 Å². The van der Waals surface area contributed by atoms with E-state index >= 15 is 0 Å². The predicted octanol–water partition coefficient (Wildman–Crippen LogP) is 6.03. The Balaban J connectivity index is 2.01. The summed E-state index contributed by atoms with van der Waals surface area (Å²) in [6, 6.07) is 19.2. The third-order valence-electron chi connectivity index (χ3n) is 3.72. The number of halogens is 3. The number of hydrogen-bond donors (Lipinski definition) is 0. The highest BCUT2D eigenvalue weighted by Crippen LogP contribution is 2.41. The second kappa shape index (κ2) is 7.73. The first-order chi connectivity index (χ1) is 13.4. The second-order valence-corrected chi connectivity index (χ2v) is 5.58. The molecule has 3 rings (SSSR count). The number of alkyl halides is 3. The summed E-state index contributed by atoms with van der Waals surface area (Å²) >= 11 is 0. The SMILES string of the molecule is N#Cc1cccc(Oc2ccc(C(F)(F)F)c(Oc3ccccc3)c2)c1C#N. The van der Waals surface area contributed by atoms with Gasteiger partial charge in [0.2, 0.25) is 0 Å². The highest BCUT2D eigenvalue weighted by atomic mass is 19.4. The van der Waals surface area contributed by atoms with E-state index in [1.54, 1.807) is 18.2 Å². The molecule has 7 heteroatoms. The van der Waals surface area contributed by atoms with E-state index in [0.717, 1.165) is 18.2 Å². The third kappa shape index (κ3) is 4.05. The van der Waals surface area contributed by atoms with E-state index in [2.05, 4.69) is 0 Å². The van der Waals surface area contributed by atoms with Gasteiger partial charge >= 0.3 is 6.18 Å². The van der Waals surface area contributed by atoms with Crippen LogP contribution in [-0.4, -0.2) is 0 Å². The summed E-state index contributed by atoms with van der Waals surface area (Å²) in [6.45, 7) is 0. The third-order valence-corrected chi connectivity index (χ3v) is 3.72. The summed E-state index contributed by atoms with van der Waals surface area (Å²) in [6.07, 6.45) is -4.62. The minimum absolute atomic E-state index is 0.00424. The van der Waals surface area contributed by atoms with Crippen LogP contribution >= 0.6 is 0 Å². The summed E-state index contributed by atoms with van der Waals surface area (Å²) in [5.41, 5.74) is -0.863. The zero-order valence-electron chi connectivity index (χ0n) is 14.2. The Morgan fingerprint density at radius 2 is 1.43 bits per heavy atom. The molecule has 0 aliphatic rings. The van der Waals surface area contributed by atoms with E-state index in [4.69, 9.17) is 14.7 Å². The average Bonchev–Trinajstić information content (AvgIpc) is 2.68. The van der Waals surface area contributed by atoms with Crippen LogP contribution in [-0.2, 0) is 6.18 Å². The molecule has 0 fully saturated rings. The Morgan fingerprint density at radius 1 is 0.714 bits per heavy atom. The van der Waals surface area contributed by atoms with Crippen molar-refractivity contribution in [1.82, 2.24) is 0 Å². The van der Waals surface area contributed by atoms with E-state index in [1.165, 1.54) is 30.3 Å². The van der Waals surface area contributed by atoms with Gasteiger partial charge in [-0.05, 0) is 36.4 Å². The average molecular weight is 380 g/mol. The summed E-state index contributed by atoms with van der Waals surface area (Å²) < 4.78 is 50.9. The largest absolute Gasteiger partial charge is 0.457 e. The number of nitriles is 2. The van der Waals surface area contributed by atoms with Crippen LogP contribution in [0, 0.1) is 22.7 Å². The van der Waals surface area contributed by atoms with E-state index in [-0.39, 0.29) is 28.4 Å². The lowest BCUT2D eigenvalue weighted by atomic mass is 10.1. The topological polar surface area (TPSA) is 66.0 Å². The van der Waals surface area contributed by atoms with Gasteiger partial charge in [0, 0.05) is 6.07 Å². The quantitative estimate of drug-likeness (QED) is 0.554. The number of benzene rings is 3. The first kappa shape index (κ1) is 18.8. The highest BCUT2D eigenvalue weighted by Gasteiger charge is 2.35. The van der Waals surface area contributed by atoms with Gasteiger partial charge in [-0.1, -0.05) is 24.3 Å². The molecule has 3 aromatic rings. The van der Waals surface area contributed by atoms with Gasteiger partial charge in [-0.15, -0.1) is 0 Å². The summed E-state index contributed by atoms with van der Waals surface area (Å²) in [4.78, 5) is 0. The van der Waals surface area contributed by atoms with Crippen LogP contribution in [0.1, 0.15) is 16.7 Å². The zero-order chi connectivity index (χ0) is 20.1. The molecule has 0 bridgehead atoms. The molecule has 0 saturated heterocycles. The molecule has 4 nitrogen and oxygen atoms in total. The van der Waals surface area contributed by atoms with Gasteiger partial charge in [-0.2, -0.15) is 23.7 Å².